The summed E-state index contributed by atoms with van der Waals surface area (Å²) >= 11 is 0. The summed E-state index contributed by atoms with van der Waals surface area (Å²) in [5.41, 5.74) is 2.94. The van der Waals surface area contributed by atoms with Crippen molar-refractivity contribution in [1.82, 2.24) is 5.01 Å². The molecule has 0 aliphatic heterocycles. The molecule has 0 aliphatic carbocycles. The predicted molar refractivity (Wildman–Crippen MR) is 80.3 cm³/mol. The number of ether oxygens (including phenoxy) is 2. The molecule has 1 N–H and O–H groups in total. The van der Waals surface area contributed by atoms with Gasteiger partial charge in [0, 0.05) is 6.07 Å². The van der Waals surface area contributed by atoms with E-state index in [1.54, 1.807) is 32.9 Å². The number of hydrazine groups is 1. The smallest absolute Gasteiger partial charge is 0.429 e. The third kappa shape index (κ3) is 4.98. The number of aldehydes is 1. The molecule has 7 heteroatoms. The van der Waals surface area contributed by atoms with Crippen molar-refractivity contribution in [3.63, 3.8) is 0 Å². The van der Waals surface area contributed by atoms with E-state index < -0.39 is 11.7 Å². The highest BCUT2D eigenvalue weighted by atomic mass is 16.6. The van der Waals surface area contributed by atoms with Gasteiger partial charge in [0.25, 0.3) is 0 Å². The number of carbonyl (C=O) groups is 2. The maximum Gasteiger partial charge on any atom is 0.429 e. The van der Waals surface area contributed by atoms with Crippen molar-refractivity contribution in [2.45, 2.75) is 26.4 Å². The second-order valence-electron chi connectivity index (χ2n) is 5.40. The number of carbonyl (C=O) groups excluding carboxylic acids is 2. The predicted octanol–water partition coefficient (Wildman–Crippen LogP) is 2.33. The third-order valence-corrected chi connectivity index (χ3v) is 2.46. The number of hydrogen-bond acceptors (Lipinski definition) is 6. The first-order valence-corrected chi connectivity index (χ1v) is 6.59. The van der Waals surface area contributed by atoms with Crippen molar-refractivity contribution in [3.8, 4) is 11.8 Å². The molecule has 0 spiro atoms. The minimum Gasteiger partial charge on any atom is -0.494 e. The molecule has 0 unspecified atom stereocenters. The van der Waals surface area contributed by atoms with Crippen molar-refractivity contribution in [2.24, 2.45) is 0 Å². The van der Waals surface area contributed by atoms with E-state index in [1.807, 2.05) is 6.07 Å². The van der Waals surface area contributed by atoms with Crippen molar-refractivity contribution in [1.29, 1.82) is 5.26 Å². The van der Waals surface area contributed by atoms with Crippen LogP contribution in [0.1, 0.15) is 26.3 Å². The first-order valence-electron chi connectivity index (χ1n) is 6.59. The minimum atomic E-state index is -0.689. The molecule has 118 valence electrons. The van der Waals surface area contributed by atoms with Crippen LogP contribution in [0.2, 0.25) is 0 Å². The molecule has 0 aliphatic rings. The highest BCUT2D eigenvalue weighted by Crippen LogP contribution is 2.26. The largest absolute Gasteiger partial charge is 0.494 e. The van der Waals surface area contributed by atoms with Crippen molar-refractivity contribution in [3.05, 3.63) is 23.8 Å². The van der Waals surface area contributed by atoms with Gasteiger partial charge in [0.2, 0.25) is 0 Å². The zero-order chi connectivity index (χ0) is 16.8. The number of nitrogens with zero attached hydrogens (tertiary/aromatic N) is 2. The molecular weight excluding hydrogens is 286 g/mol. The highest BCUT2D eigenvalue weighted by Gasteiger charge is 2.22. The molecule has 0 atom stereocenters. The average molecular weight is 305 g/mol. The zero-order valence-electron chi connectivity index (χ0n) is 13.0. The van der Waals surface area contributed by atoms with Gasteiger partial charge in [0.15, 0.2) is 0 Å². The number of anilines is 1. The van der Waals surface area contributed by atoms with Crippen LogP contribution >= 0.6 is 0 Å². The number of benzene rings is 1. The van der Waals surface area contributed by atoms with Crippen LogP contribution in [0.4, 0.5) is 10.5 Å². The fourth-order valence-corrected chi connectivity index (χ4v) is 1.56. The molecule has 0 saturated heterocycles. The lowest BCUT2D eigenvalue weighted by atomic mass is 10.2. The fourth-order valence-electron chi connectivity index (χ4n) is 1.56. The number of rotatable bonds is 5. The molecule has 0 aromatic heterocycles. The lowest BCUT2D eigenvalue weighted by Crippen LogP contribution is -2.41. The topological polar surface area (TPSA) is 91.7 Å². The lowest BCUT2D eigenvalue weighted by Gasteiger charge is -2.27. The van der Waals surface area contributed by atoms with Crippen molar-refractivity contribution >= 4 is 18.1 Å². The molecule has 1 amide bonds. The van der Waals surface area contributed by atoms with Gasteiger partial charge in [0.05, 0.1) is 24.4 Å². The first-order chi connectivity index (χ1) is 10.3. The van der Waals surface area contributed by atoms with Gasteiger partial charge in [0.1, 0.15) is 24.2 Å². The Kier molecular flexibility index (Phi) is 5.75. The average Bonchev–Trinajstić information content (AvgIpc) is 2.45. The van der Waals surface area contributed by atoms with Crippen LogP contribution in [0.25, 0.3) is 0 Å². The summed E-state index contributed by atoms with van der Waals surface area (Å²) in [4.78, 5) is 22.8. The van der Waals surface area contributed by atoms with Crippen LogP contribution in [-0.2, 0) is 9.53 Å². The number of nitrogens with one attached hydrogen (secondary N) is 1. The standard InChI is InChI=1S/C15H19N3O4/c1-15(2,3)22-14(20)18(7-8-19)17-12-6-5-11(10-16)9-13(12)21-4/h5-6,8-9,17H,7H2,1-4H3. The Morgan fingerprint density at radius 1 is 1.45 bits per heavy atom. The van der Waals surface area contributed by atoms with Crippen LogP contribution in [0.15, 0.2) is 18.2 Å². The normalized spacial score (nSPS) is 10.3. The maximum atomic E-state index is 12.1. The first kappa shape index (κ1) is 17.3. The van der Waals surface area contributed by atoms with Gasteiger partial charge < -0.3 is 14.3 Å². The number of amides is 1. The van der Waals surface area contributed by atoms with Gasteiger partial charge in [-0.25, -0.2) is 9.80 Å². The zero-order valence-corrected chi connectivity index (χ0v) is 13.0. The van der Waals surface area contributed by atoms with Gasteiger partial charge in [-0.05, 0) is 32.9 Å². The highest BCUT2D eigenvalue weighted by molar-refractivity contribution is 5.74. The molecule has 22 heavy (non-hydrogen) atoms. The van der Waals surface area contributed by atoms with E-state index in [2.05, 4.69) is 5.43 Å². The number of nitriles is 1. The molecular formula is C15H19N3O4. The van der Waals surface area contributed by atoms with E-state index in [4.69, 9.17) is 14.7 Å². The summed E-state index contributed by atoms with van der Waals surface area (Å²) < 4.78 is 10.4. The van der Waals surface area contributed by atoms with Crippen molar-refractivity contribution < 1.29 is 19.1 Å². The molecule has 0 radical (unpaired) electrons. The van der Waals surface area contributed by atoms with Crippen LogP contribution in [0.3, 0.4) is 0 Å². The van der Waals surface area contributed by atoms with Crippen molar-refractivity contribution in [2.75, 3.05) is 19.1 Å². The van der Waals surface area contributed by atoms with Gasteiger partial charge in [-0.1, -0.05) is 0 Å². The van der Waals surface area contributed by atoms with Gasteiger partial charge in [-0.3, -0.25) is 5.43 Å². The lowest BCUT2D eigenvalue weighted by molar-refractivity contribution is -0.108. The number of methoxy groups -OCH3 is 1. The summed E-state index contributed by atoms with van der Waals surface area (Å²) in [7, 11) is 1.44. The molecule has 1 rings (SSSR count). The van der Waals surface area contributed by atoms with Crippen LogP contribution in [-0.4, -0.2) is 36.6 Å². The van der Waals surface area contributed by atoms with E-state index in [-0.39, 0.29) is 6.54 Å². The van der Waals surface area contributed by atoms with Gasteiger partial charge >= 0.3 is 6.09 Å². The molecule has 1 aromatic rings. The van der Waals surface area contributed by atoms with Crippen LogP contribution < -0.4 is 10.2 Å². The van der Waals surface area contributed by atoms with E-state index in [9.17, 15) is 9.59 Å². The molecule has 0 heterocycles. The SMILES string of the molecule is COc1cc(C#N)ccc1NN(CC=O)C(=O)OC(C)(C)C. The molecule has 0 fully saturated rings. The Morgan fingerprint density at radius 2 is 2.14 bits per heavy atom. The third-order valence-electron chi connectivity index (χ3n) is 2.46. The maximum absolute atomic E-state index is 12.1. The Labute approximate surface area is 129 Å². The summed E-state index contributed by atoms with van der Waals surface area (Å²) in [5.74, 6) is 0.374. The van der Waals surface area contributed by atoms with E-state index in [0.717, 1.165) is 5.01 Å². The quantitative estimate of drug-likeness (QED) is 0.663. The molecule has 7 nitrogen and oxygen atoms in total. The fraction of sp³-hybridized carbons (Fsp3) is 0.400. The summed E-state index contributed by atoms with van der Waals surface area (Å²) in [6.45, 7) is 4.99. The van der Waals surface area contributed by atoms with E-state index >= 15 is 0 Å². The second kappa shape index (κ2) is 7.31. The number of hydrogen-bond donors (Lipinski definition) is 1. The summed E-state index contributed by atoms with van der Waals surface area (Å²) in [6, 6.07) is 6.67. The second-order valence-corrected chi connectivity index (χ2v) is 5.40. The van der Waals surface area contributed by atoms with Gasteiger partial charge in [-0.2, -0.15) is 5.26 Å². The summed E-state index contributed by atoms with van der Waals surface area (Å²) in [6.07, 6.45) is -0.112. The molecule has 0 saturated carbocycles. The Balaban J connectivity index is 2.98. The monoisotopic (exact) mass is 305 g/mol. The molecule has 1 aromatic carbocycles. The summed E-state index contributed by atoms with van der Waals surface area (Å²) in [5, 5.41) is 9.90. The Morgan fingerprint density at radius 3 is 2.64 bits per heavy atom. The minimum absolute atomic E-state index is 0.196. The van der Waals surface area contributed by atoms with Gasteiger partial charge in [-0.15, -0.1) is 0 Å². The van der Waals surface area contributed by atoms with E-state index in [0.29, 0.717) is 23.3 Å². The Bertz CT molecular complexity index is 587. The Hall–Kier alpha value is -2.75. The van der Waals surface area contributed by atoms with Crippen LogP contribution in [0.5, 0.6) is 5.75 Å². The van der Waals surface area contributed by atoms with E-state index in [1.165, 1.54) is 13.2 Å². The van der Waals surface area contributed by atoms with Crippen LogP contribution in [0, 0.1) is 11.3 Å². The molecule has 0 bridgehead atoms.